The molecule has 23 heavy (non-hydrogen) atoms. The maximum Gasteiger partial charge on any atom is 0.271 e. The van der Waals surface area contributed by atoms with Gasteiger partial charge in [-0.05, 0) is 36.8 Å². The van der Waals surface area contributed by atoms with Gasteiger partial charge >= 0.3 is 0 Å². The van der Waals surface area contributed by atoms with Gasteiger partial charge in [0, 0.05) is 24.2 Å². The number of nitrogens with zero attached hydrogens (tertiary/aromatic N) is 2. The number of nitrogens with one attached hydrogen (secondary N) is 1. The molecule has 2 rings (SSSR count). The Bertz CT molecular complexity index is 813. The Hall–Kier alpha value is -2.45. The Balaban J connectivity index is 1.85. The number of sulfonamides is 1. The first kappa shape index (κ1) is 16.9. The van der Waals surface area contributed by atoms with Crippen LogP contribution in [-0.2, 0) is 10.0 Å². The second-order valence-electron chi connectivity index (χ2n) is 4.58. The van der Waals surface area contributed by atoms with Crippen molar-refractivity contribution in [1.82, 2.24) is 14.5 Å². The number of ether oxygens (including phenoxy) is 1. The van der Waals surface area contributed by atoms with E-state index in [0.717, 1.165) is 5.41 Å². The van der Waals surface area contributed by atoms with E-state index in [4.69, 9.17) is 4.74 Å². The topological polar surface area (TPSA) is 90.3 Å². The van der Waals surface area contributed by atoms with E-state index in [1.165, 1.54) is 16.9 Å². The zero-order valence-electron chi connectivity index (χ0n) is 12.4. The molecule has 0 bridgehead atoms. The molecule has 0 radical (unpaired) electrons. The number of hydrogen-bond acceptors (Lipinski definition) is 5. The van der Waals surface area contributed by atoms with Gasteiger partial charge in [-0.2, -0.15) is 9.78 Å². The van der Waals surface area contributed by atoms with Gasteiger partial charge in [0.05, 0.1) is 12.3 Å². The molecule has 0 atom stereocenters. The summed E-state index contributed by atoms with van der Waals surface area (Å²) in [5.74, 6) is 0.629. The number of aromatic nitrogens is 2. The summed E-state index contributed by atoms with van der Waals surface area (Å²) in [4.78, 5) is 11.7. The van der Waals surface area contributed by atoms with E-state index in [0.29, 0.717) is 24.5 Å². The Morgan fingerprint density at radius 1 is 1.26 bits per heavy atom. The summed E-state index contributed by atoms with van der Waals surface area (Å²) in [6, 6.07) is 9.92. The van der Waals surface area contributed by atoms with Crippen molar-refractivity contribution < 1.29 is 13.2 Å². The summed E-state index contributed by atoms with van der Waals surface area (Å²) in [6.45, 7) is 3.84. The highest BCUT2D eigenvalue weighted by Crippen LogP contribution is 2.13. The highest BCUT2D eigenvalue weighted by atomic mass is 32.2. The Morgan fingerprint density at radius 2 is 2.00 bits per heavy atom. The van der Waals surface area contributed by atoms with Crippen LogP contribution in [0, 0.1) is 0 Å². The summed E-state index contributed by atoms with van der Waals surface area (Å²) in [5, 5.41) is 4.85. The quantitative estimate of drug-likeness (QED) is 0.729. The van der Waals surface area contributed by atoms with Crippen molar-refractivity contribution in [2.75, 3.05) is 13.2 Å². The first-order valence-electron chi connectivity index (χ1n) is 6.91. The van der Waals surface area contributed by atoms with Gasteiger partial charge in [0.1, 0.15) is 5.75 Å². The van der Waals surface area contributed by atoms with Crippen LogP contribution in [0.1, 0.15) is 6.42 Å². The van der Waals surface area contributed by atoms with Gasteiger partial charge in [-0.15, -0.1) is 0 Å². The zero-order valence-corrected chi connectivity index (χ0v) is 13.2. The minimum absolute atomic E-state index is 0.212. The van der Waals surface area contributed by atoms with Crippen molar-refractivity contribution >= 4 is 10.0 Å². The van der Waals surface area contributed by atoms with Gasteiger partial charge in [0.15, 0.2) is 0 Å². The van der Waals surface area contributed by atoms with E-state index in [1.54, 1.807) is 30.3 Å². The predicted octanol–water partition coefficient (Wildman–Crippen LogP) is 1.06. The zero-order chi connectivity index (χ0) is 16.7. The molecular weight excluding hydrogens is 318 g/mol. The molecule has 0 aliphatic heterocycles. The average molecular weight is 335 g/mol. The van der Waals surface area contributed by atoms with Crippen molar-refractivity contribution in [2.24, 2.45) is 0 Å². The van der Waals surface area contributed by atoms with Crippen LogP contribution < -0.4 is 15.0 Å². The fraction of sp³-hybridized carbons (Fsp3) is 0.200. The lowest BCUT2D eigenvalue weighted by atomic mass is 10.3. The van der Waals surface area contributed by atoms with Gasteiger partial charge in [-0.3, -0.25) is 4.79 Å². The van der Waals surface area contributed by atoms with Gasteiger partial charge in [-0.1, -0.05) is 6.58 Å². The monoisotopic (exact) mass is 335 g/mol. The van der Waals surface area contributed by atoms with E-state index in [2.05, 4.69) is 16.4 Å². The van der Waals surface area contributed by atoms with Crippen LogP contribution in [0.25, 0.3) is 5.69 Å². The molecule has 0 aliphatic rings. The van der Waals surface area contributed by atoms with Gasteiger partial charge in [0.25, 0.3) is 5.56 Å². The number of rotatable bonds is 8. The van der Waals surface area contributed by atoms with Crippen molar-refractivity contribution in [3.05, 3.63) is 64.9 Å². The Labute approximate surface area is 134 Å². The first-order valence-corrected chi connectivity index (χ1v) is 8.46. The molecule has 0 spiro atoms. The third-order valence-electron chi connectivity index (χ3n) is 2.91. The van der Waals surface area contributed by atoms with E-state index in [9.17, 15) is 13.2 Å². The van der Waals surface area contributed by atoms with Gasteiger partial charge < -0.3 is 4.74 Å². The molecule has 8 heteroatoms. The molecule has 1 N–H and O–H groups in total. The predicted molar refractivity (Wildman–Crippen MR) is 87.1 cm³/mol. The van der Waals surface area contributed by atoms with E-state index < -0.39 is 10.0 Å². The average Bonchev–Trinajstić information content (AvgIpc) is 2.56. The molecule has 1 aromatic carbocycles. The standard InChI is InChI=1S/C15H17N3O4S/c1-2-23(20,21)17-11-4-12-22-14-8-6-13(7-9-14)18-15(19)5-3-10-16-18/h2-3,5-10,17H,1,4,11-12H2. The molecular formula is C15H17N3O4S. The van der Waals surface area contributed by atoms with Crippen LogP contribution >= 0.6 is 0 Å². The maximum absolute atomic E-state index is 11.7. The molecule has 2 aromatic rings. The van der Waals surface area contributed by atoms with Gasteiger partial charge in [0.2, 0.25) is 10.0 Å². The van der Waals surface area contributed by atoms with Gasteiger partial charge in [-0.25, -0.2) is 13.1 Å². The lowest BCUT2D eigenvalue weighted by Gasteiger charge is -2.08. The van der Waals surface area contributed by atoms with Crippen LogP contribution in [0.2, 0.25) is 0 Å². The van der Waals surface area contributed by atoms with Crippen LogP contribution in [0.5, 0.6) is 5.75 Å². The minimum Gasteiger partial charge on any atom is -0.494 e. The van der Waals surface area contributed by atoms with Crippen LogP contribution in [-0.4, -0.2) is 31.3 Å². The van der Waals surface area contributed by atoms with Crippen LogP contribution in [0.3, 0.4) is 0 Å². The summed E-state index contributed by atoms with van der Waals surface area (Å²) >= 11 is 0. The summed E-state index contributed by atoms with van der Waals surface area (Å²) in [6.07, 6.45) is 2.06. The smallest absolute Gasteiger partial charge is 0.271 e. The summed E-state index contributed by atoms with van der Waals surface area (Å²) in [7, 11) is -3.39. The second kappa shape index (κ2) is 7.70. The van der Waals surface area contributed by atoms with E-state index in [-0.39, 0.29) is 12.1 Å². The summed E-state index contributed by atoms with van der Waals surface area (Å²) < 4.78 is 31.4. The third kappa shape index (κ3) is 5.04. The minimum atomic E-state index is -3.39. The SMILES string of the molecule is C=CS(=O)(=O)NCCCOc1ccc(-n2ncccc2=O)cc1. The van der Waals surface area contributed by atoms with E-state index >= 15 is 0 Å². The number of benzene rings is 1. The molecule has 1 heterocycles. The highest BCUT2D eigenvalue weighted by Gasteiger charge is 2.03. The molecule has 0 saturated carbocycles. The fourth-order valence-corrected chi connectivity index (χ4v) is 2.32. The maximum atomic E-state index is 11.7. The normalized spacial score (nSPS) is 11.1. The molecule has 0 fully saturated rings. The molecule has 7 nitrogen and oxygen atoms in total. The highest BCUT2D eigenvalue weighted by molar-refractivity contribution is 7.92. The Morgan fingerprint density at radius 3 is 2.65 bits per heavy atom. The van der Waals surface area contributed by atoms with Crippen LogP contribution in [0.4, 0.5) is 0 Å². The lowest BCUT2D eigenvalue weighted by Crippen LogP contribution is -2.23. The molecule has 0 aliphatic carbocycles. The molecule has 1 aromatic heterocycles. The van der Waals surface area contributed by atoms with Crippen molar-refractivity contribution in [2.45, 2.75) is 6.42 Å². The molecule has 0 saturated heterocycles. The number of hydrogen-bond donors (Lipinski definition) is 1. The first-order chi connectivity index (χ1) is 11.0. The van der Waals surface area contributed by atoms with Crippen molar-refractivity contribution in [3.63, 3.8) is 0 Å². The summed E-state index contributed by atoms with van der Waals surface area (Å²) in [5.41, 5.74) is 0.428. The molecule has 122 valence electrons. The largest absolute Gasteiger partial charge is 0.494 e. The molecule has 0 unspecified atom stereocenters. The van der Waals surface area contributed by atoms with Crippen LogP contribution in [0.15, 0.2) is 59.4 Å². The lowest BCUT2D eigenvalue weighted by molar-refractivity contribution is 0.311. The third-order valence-corrected chi connectivity index (χ3v) is 3.95. The molecule has 0 amide bonds. The van der Waals surface area contributed by atoms with E-state index in [1.807, 2.05) is 0 Å². The van der Waals surface area contributed by atoms with Crippen molar-refractivity contribution in [3.8, 4) is 11.4 Å². The Kier molecular flexibility index (Phi) is 5.67. The fourth-order valence-electron chi connectivity index (χ4n) is 1.77. The second-order valence-corrected chi connectivity index (χ2v) is 6.29. The van der Waals surface area contributed by atoms with Crippen molar-refractivity contribution in [1.29, 1.82) is 0 Å².